The summed E-state index contributed by atoms with van der Waals surface area (Å²) in [6.07, 6.45) is 2.36. The van der Waals surface area contributed by atoms with Crippen molar-refractivity contribution in [2.24, 2.45) is 17.3 Å². The van der Waals surface area contributed by atoms with Gasteiger partial charge in [0.05, 0.1) is 5.56 Å². The molecule has 4 aliphatic rings. The van der Waals surface area contributed by atoms with Gasteiger partial charge in [0.25, 0.3) is 0 Å². The summed E-state index contributed by atoms with van der Waals surface area (Å²) in [4.78, 5) is 16.0. The first-order chi connectivity index (χ1) is 17.8. The van der Waals surface area contributed by atoms with E-state index < -0.39 is 11.7 Å². The Morgan fingerprint density at radius 3 is 2.76 bits per heavy atom. The first-order valence-electron chi connectivity index (χ1n) is 13.2. The topological polar surface area (TPSA) is 71.8 Å². The summed E-state index contributed by atoms with van der Waals surface area (Å²) < 4.78 is 42.1. The zero-order chi connectivity index (χ0) is 25.4. The van der Waals surface area contributed by atoms with Gasteiger partial charge in [-0.3, -0.25) is 0 Å². The number of aromatic nitrogens is 5. The molecule has 0 radical (unpaired) electrons. The van der Waals surface area contributed by atoms with Crippen LogP contribution in [0.15, 0.2) is 36.7 Å². The van der Waals surface area contributed by atoms with E-state index in [1.54, 1.807) is 12.4 Å². The summed E-state index contributed by atoms with van der Waals surface area (Å²) in [5, 5.41) is 8.46. The molecule has 4 heterocycles. The van der Waals surface area contributed by atoms with Crippen molar-refractivity contribution in [1.29, 1.82) is 0 Å². The highest BCUT2D eigenvalue weighted by atomic mass is 19.4. The second kappa shape index (κ2) is 8.16. The van der Waals surface area contributed by atoms with E-state index in [1.807, 2.05) is 11.6 Å². The minimum Gasteiger partial charge on any atom is -0.356 e. The maximum absolute atomic E-state index is 13.4. The number of hydrogen-bond acceptors (Lipinski definition) is 6. The average molecular weight is 510 g/mol. The van der Waals surface area contributed by atoms with Gasteiger partial charge in [-0.2, -0.15) is 18.2 Å². The van der Waals surface area contributed by atoms with E-state index in [0.29, 0.717) is 34.8 Å². The largest absolute Gasteiger partial charge is 0.416 e. The Morgan fingerprint density at radius 1 is 1.08 bits per heavy atom. The molecule has 37 heavy (non-hydrogen) atoms. The van der Waals surface area contributed by atoms with Crippen LogP contribution >= 0.6 is 0 Å². The molecule has 1 saturated heterocycles. The molecule has 1 aromatic carbocycles. The highest BCUT2D eigenvalue weighted by Gasteiger charge is 2.70. The van der Waals surface area contributed by atoms with E-state index >= 15 is 0 Å². The van der Waals surface area contributed by atoms with Crippen molar-refractivity contribution in [2.45, 2.75) is 63.7 Å². The molecule has 1 unspecified atom stereocenters. The summed E-state index contributed by atoms with van der Waals surface area (Å²) in [5.74, 6) is 3.27. The predicted molar refractivity (Wildman–Crippen MR) is 132 cm³/mol. The molecule has 3 fully saturated rings. The molecule has 2 aromatic heterocycles. The number of rotatable bonds is 4. The van der Waals surface area contributed by atoms with Crippen molar-refractivity contribution in [2.75, 3.05) is 23.3 Å². The van der Waals surface area contributed by atoms with Gasteiger partial charge in [-0.25, -0.2) is 14.6 Å². The molecule has 0 amide bonds. The first kappa shape index (κ1) is 23.0. The van der Waals surface area contributed by atoms with E-state index in [2.05, 4.69) is 26.3 Å². The zero-order valence-corrected chi connectivity index (χ0v) is 20.7. The van der Waals surface area contributed by atoms with Gasteiger partial charge in [-0.15, -0.1) is 5.10 Å². The van der Waals surface area contributed by atoms with Crippen molar-refractivity contribution in [3.05, 3.63) is 59.3 Å². The number of aryl methyl sites for hydroxylation is 2. The maximum atomic E-state index is 13.4. The number of nitrogens with one attached hydrogen (secondary N) is 1. The number of halogens is 3. The van der Waals surface area contributed by atoms with Crippen LogP contribution in [0.25, 0.3) is 0 Å². The number of nitrogens with zero attached hydrogens (tertiary/aromatic N) is 6. The van der Waals surface area contributed by atoms with E-state index in [9.17, 15) is 13.2 Å². The van der Waals surface area contributed by atoms with Gasteiger partial charge < -0.3 is 10.2 Å². The number of hydrogen-bond donors (Lipinski definition) is 1. The first-order valence-corrected chi connectivity index (χ1v) is 13.2. The van der Waals surface area contributed by atoms with Gasteiger partial charge >= 0.3 is 6.18 Å². The second-order valence-corrected chi connectivity index (χ2v) is 11.2. The third-order valence-corrected chi connectivity index (χ3v) is 9.32. The molecule has 10 heteroatoms. The van der Waals surface area contributed by atoms with E-state index in [1.165, 1.54) is 25.0 Å². The lowest BCUT2D eigenvalue weighted by Crippen LogP contribution is -2.68. The molecule has 0 bridgehead atoms. The van der Waals surface area contributed by atoms with Gasteiger partial charge in [0.1, 0.15) is 18.0 Å². The number of alkyl halides is 3. The van der Waals surface area contributed by atoms with E-state index in [4.69, 9.17) is 10.1 Å². The third kappa shape index (κ3) is 3.62. The molecule has 7 nitrogen and oxygen atoms in total. The summed E-state index contributed by atoms with van der Waals surface area (Å²) in [7, 11) is 0. The van der Waals surface area contributed by atoms with Crippen LogP contribution in [-0.2, 0) is 12.7 Å². The molecule has 3 aromatic rings. The highest BCUT2D eigenvalue weighted by Crippen LogP contribution is 2.68. The Morgan fingerprint density at radius 2 is 1.97 bits per heavy atom. The standard InChI is InChI=1S/C27H30F3N7/c1-16-11-22(32-15-31-16)36-13-21-23(20-8-9-26(20,21)14-36)33-25-34-24-19(7-2-3-10-37(24)35-25)17-5-4-6-18(12-17)27(28,29)30/h4-6,11-12,15,19-21,23H,2-3,7-10,13-14H2,1H3,(H,33,35)/t19-,20+,21-,23+,26?/m0/s1. The molecule has 2 aliphatic heterocycles. The fourth-order valence-corrected chi connectivity index (χ4v) is 7.43. The highest BCUT2D eigenvalue weighted by molar-refractivity contribution is 5.46. The smallest absolute Gasteiger partial charge is 0.356 e. The number of benzene rings is 1. The van der Waals surface area contributed by atoms with Crippen molar-refractivity contribution < 1.29 is 13.2 Å². The summed E-state index contributed by atoms with van der Waals surface area (Å²) in [6.45, 7) is 4.71. The second-order valence-electron chi connectivity index (χ2n) is 11.2. The minimum absolute atomic E-state index is 0.194. The Bertz CT molecular complexity index is 1340. The fourth-order valence-electron chi connectivity index (χ4n) is 7.43. The molecule has 1 spiro atoms. The van der Waals surface area contributed by atoms with Gasteiger partial charge in [0.15, 0.2) is 0 Å². The van der Waals surface area contributed by atoms with E-state index in [0.717, 1.165) is 62.3 Å². The van der Waals surface area contributed by atoms with Crippen molar-refractivity contribution in [3.8, 4) is 0 Å². The Kier molecular flexibility index (Phi) is 5.07. The quantitative estimate of drug-likeness (QED) is 0.532. The monoisotopic (exact) mass is 509 g/mol. The average Bonchev–Trinajstić information content (AvgIpc) is 3.39. The lowest BCUT2D eigenvalue weighted by atomic mass is 9.41. The number of anilines is 2. The summed E-state index contributed by atoms with van der Waals surface area (Å²) in [6, 6.07) is 8.05. The molecule has 7 rings (SSSR count). The van der Waals surface area contributed by atoms with E-state index in [-0.39, 0.29) is 5.92 Å². The normalized spacial score (nSPS) is 30.4. The number of fused-ring (bicyclic) bond motifs is 1. The SMILES string of the molecule is Cc1cc(N2C[C@H]3[C@H](Nc4nc5n(n4)CCCC[C@H]5c4cccc(C(F)(F)F)c4)[C@H]4CCC43C2)ncn1. The van der Waals surface area contributed by atoms with Crippen LogP contribution in [0.4, 0.5) is 24.9 Å². The fraction of sp³-hybridized carbons (Fsp3) is 0.556. The van der Waals surface area contributed by atoms with Crippen LogP contribution in [0.1, 0.15) is 60.7 Å². The van der Waals surface area contributed by atoms with Crippen molar-refractivity contribution in [3.63, 3.8) is 0 Å². The predicted octanol–water partition coefficient (Wildman–Crippen LogP) is 5.04. The Hall–Kier alpha value is -3.17. The Labute approximate surface area is 213 Å². The molecule has 5 atom stereocenters. The van der Waals surface area contributed by atoms with Crippen molar-refractivity contribution in [1.82, 2.24) is 24.7 Å². The molecule has 1 N–H and O–H groups in total. The van der Waals surface area contributed by atoms with Crippen LogP contribution < -0.4 is 10.2 Å². The minimum atomic E-state index is -4.36. The van der Waals surface area contributed by atoms with Crippen LogP contribution in [-0.4, -0.2) is 43.9 Å². The maximum Gasteiger partial charge on any atom is 0.416 e. The van der Waals surface area contributed by atoms with Crippen LogP contribution in [0.2, 0.25) is 0 Å². The van der Waals surface area contributed by atoms with Crippen LogP contribution in [0, 0.1) is 24.2 Å². The zero-order valence-electron chi connectivity index (χ0n) is 20.7. The molecular formula is C27H30F3N7. The molecule has 2 aliphatic carbocycles. The Balaban J connectivity index is 1.13. The lowest BCUT2D eigenvalue weighted by Gasteiger charge is -2.65. The lowest BCUT2D eigenvalue weighted by molar-refractivity contribution is -0.137. The van der Waals surface area contributed by atoms with Crippen LogP contribution in [0.5, 0.6) is 0 Å². The molecule has 2 saturated carbocycles. The third-order valence-electron chi connectivity index (χ3n) is 9.32. The van der Waals surface area contributed by atoms with Crippen molar-refractivity contribution >= 4 is 11.8 Å². The van der Waals surface area contributed by atoms with Gasteiger partial charge in [0.2, 0.25) is 5.95 Å². The van der Waals surface area contributed by atoms with Gasteiger partial charge in [-0.05, 0) is 55.6 Å². The van der Waals surface area contributed by atoms with Gasteiger partial charge in [0, 0.05) is 49.3 Å². The van der Waals surface area contributed by atoms with Crippen LogP contribution in [0.3, 0.4) is 0 Å². The van der Waals surface area contributed by atoms with Gasteiger partial charge in [-0.1, -0.05) is 24.6 Å². The molecular weight excluding hydrogens is 479 g/mol. The summed E-state index contributed by atoms with van der Waals surface area (Å²) >= 11 is 0. The molecule has 194 valence electrons. The summed E-state index contributed by atoms with van der Waals surface area (Å²) in [5.41, 5.74) is 1.36.